The Hall–Kier alpha value is -3.91. The van der Waals surface area contributed by atoms with E-state index in [0.717, 1.165) is 22.3 Å². The van der Waals surface area contributed by atoms with E-state index in [1.54, 1.807) is 13.1 Å². The van der Waals surface area contributed by atoms with Gasteiger partial charge in [-0.2, -0.15) is 5.26 Å². The van der Waals surface area contributed by atoms with Gasteiger partial charge in [0, 0.05) is 7.05 Å². The zero-order valence-electron chi connectivity index (χ0n) is 15.3. The van der Waals surface area contributed by atoms with E-state index in [9.17, 15) is 10.1 Å². The van der Waals surface area contributed by atoms with Crippen molar-refractivity contribution >= 4 is 11.9 Å². The summed E-state index contributed by atoms with van der Waals surface area (Å²) >= 11 is 0. The van der Waals surface area contributed by atoms with Crippen LogP contribution in [0.3, 0.4) is 0 Å². The molecule has 0 spiro atoms. The quantitative estimate of drug-likeness (QED) is 0.772. The fourth-order valence-corrected chi connectivity index (χ4v) is 3.56. The molecule has 28 heavy (non-hydrogen) atoms. The van der Waals surface area contributed by atoms with Gasteiger partial charge in [0.15, 0.2) is 11.5 Å². The second-order valence-corrected chi connectivity index (χ2v) is 6.68. The summed E-state index contributed by atoms with van der Waals surface area (Å²) in [7, 11) is 1.63. The van der Waals surface area contributed by atoms with Crippen LogP contribution in [0.5, 0.6) is 0 Å². The molecule has 0 saturated carbocycles. The minimum atomic E-state index is -1.22. The summed E-state index contributed by atoms with van der Waals surface area (Å²) in [5, 5.41) is 9.19. The van der Waals surface area contributed by atoms with Crippen LogP contribution in [-0.2, 0) is 10.3 Å². The number of amides is 1. The zero-order chi connectivity index (χ0) is 19.7. The predicted molar refractivity (Wildman–Crippen MR) is 108 cm³/mol. The number of nitrogens with zero attached hydrogens (tertiary/aromatic N) is 3. The molecule has 0 fully saturated rings. The average Bonchev–Trinajstić information content (AvgIpc) is 2.99. The van der Waals surface area contributed by atoms with Crippen molar-refractivity contribution in [1.29, 1.82) is 5.26 Å². The number of likely N-dealkylation sites (N-methyl/N-ethyl adjacent to an activating group) is 1. The first-order valence-corrected chi connectivity index (χ1v) is 8.86. The van der Waals surface area contributed by atoms with Crippen LogP contribution in [0.15, 0.2) is 83.9 Å². The summed E-state index contributed by atoms with van der Waals surface area (Å²) in [5.41, 5.74) is 8.69. The molecule has 5 heteroatoms. The van der Waals surface area contributed by atoms with Crippen molar-refractivity contribution in [2.75, 3.05) is 7.05 Å². The van der Waals surface area contributed by atoms with E-state index in [0.29, 0.717) is 5.56 Å². The number of benzene rings is 3. The molecule has 1 atom stereocenters. The topological polar surface area (TPSA) is 82.5 Å². The molecule has 4 rings (SSSR count). The fourth-order valence-electron chi connectivity index (χ4n) is 3.56. The van der Waals surface area contributed by atoms with Gasteiger partial charge in [-0.05, 0) is 40.5 Å². The number of hydrogen-bond acceptors (Lipinski definition) is 4. The van der Waals surface area contributed by atoms with Crippen LogP contribution >= 0.6 is 0 Å². The summed E-state index contributed by atoms with van der Waals surface area (Å²) in [6.45, 7) is 0. The fraction of sp³-hybridized carbons (Fsp3) is 0.0870. The number of guanidine groups is 1. The van der Waals surface area contributed by atoms with E-state index in [-0.39, 0.29) is 11.9 Å². The van der Waals surface area contributed by atoms with Crippen LogP contribution in [-0.4, -0.2) is 23.8 Å². The second-order valence-electron chi connectivity index (χ2n) is 6.68. The highest BCUT2D eigenvalue weighted by Gasteiger charge is 2.49. The smallest absolute Gasteiger partial charge is 0.266 e. The molecule has 1 amide bonds. The molecule has 1 heterocycles. The van der Waals surface area contributed by atoms with Crippen LogP contribution < -0.4 is 5.73 Å². The lowest BCUT2D eigenvalue weighted by molar-refractivity contribution is -0.129. The number of nitriles is 1. The predicted octanol–water partition coefficient (Wildman–Crippen LogP) is 3.26. The molecular formula is C23H18N4O. The van der Waals surface area contributed by atoms with Crippen LogP contribution in [0, 0.1) is 11.3 Å². The Kier molecular flexibility index (Phi) is 4.17. The molecule has 3 aromatic carbocycles. The standard InChI is InChI=1S/C23H18N4O/c1-27-21(28)23(26-22(27)25,19-10-3-2-4-11-19)20-12-6-9-18(14-20)17-8-5-7-16(13-17)15-24/h2-14H,1H3,(H2,25,26). The molecule has 0 bridgehead atoms. The van der Waals surface area contributed by atoms with Crippen LogP contribution in [0.1, 0.15) is 16.7 Å². The molecule has 1 unspecified atom stereocenters. The van der Waals surface area contributed by atoms with Crippen molar-refractivity contribution < 1.29 is 4.79 Å². The van der Waals surface area contributed by atoms with Gasteiger partial charge < -0.3 is 5.73 Å². The Morgan fingerprint density at radius 2 is 1.57 bits per heavy atom. The number of rotatable bonds is 3. The van der Waals surface area contributed by atoms with Gasteiger partial charge in [0.1, 0.15) is 0 Å². The SMILES string of the molecule is CN1C(=O)C(c2ccccc2)(c2cccc(-c3cccc(C#N)c3)c2)N=C1N. The highest BCUT2D eigenvalue weighted by Crippen LogP contribution is 2.40. The Bertz CT molecular complexity index is 1130. The van der Waals surface area contributed by atoms with Crippen LogP contribution in [0.25, 0.3) is 11.1 Å². The molecule has 0 aromatic heterocycles. The van der Waals surface area contributed by atoms with Crippen molar-refractivity contribution in [3.8, 4) is 17.2 Å². The van der Waals surface area contributed by atoms with Crippen molar-refractivity contribution in [3.05, 3.63) is 95.6 Å². The third kappa shape index (κ3) is 2.63. The first-order chi connectivity index (χ1) is 13.6. The second kappa shape index (κ2) is 6.67. The number of hydrogen-bond donors (Lipinski definition) is 1. The molecule has 1 aliphatic rings. The van der Waals surface area contributed by atoms with Gasteiger partial charge in [-0.15, -0.1) is 0 Å². The van der Waals surface area contributed by atoms with Crippen molar-refractivity contribution in [2.45, 2.75) is 5.54 Å². The molecule has 136 valence electrons. The average molecular weight is 366 g/mol. The maximum atomic E-state index is 13.3. The van der Waals surface area contributed by atoms with Gasteiger partial charge in [0.25, 0.3) is 5.91 Å². The van der Waals surface area contributed by atoms with Gasteiger partial charge >= 0.3 is 0 Å². The minimum absolute atomic E-state index is 0.186. The molecule has 2 N–H and O–H groups in total. The summed E-state index contributed by atoms with van der Waals surface area (Å²) in [4.78, 5) is 19.3. The van der Waals surface area contributed by atoms with E-state index < -0.39 is 5.54 Å². The maximum absolute atomic E-state index is 13.3. The number of aliphatic imine (C=N–C) groups is 1. The number of carbonyl (C=O) groups excluding carboxylic acids is 1. The summed E-state index contributed by atoms with van der Waals surface area (Å²) in [6, 6.07) is 26.7. The van der Waals surface area contributed by atoms with Crippen LogP contribution in [0.4, 0.5) is 0 Å². The molecule has 3 aromatic rings. The zero-order valence-corrected chi connectivity index (χ0v) is 15.3. The molecule has 1 aliphatic heterocycles. The van der Waals surface area contributed by atoms with Gasteiger partial charge in [-0.1, -0.05) is 60.7 Å². The number of nitrogens with two attached hydrogens (primary N) is 1. The lowest BCUT2D eigenvalue weighted by Gasteiger charge is -2.26. The summed E-state index contributed by atoms with van der Waals surface area (Å²) in [6.07, 6.45) is 0. The Balaban J connectivity index is 1.92. The van der Waals surface area contributed by atoms with Crippen molar-refractivity contribution in [2.24, 2.45) is 10.7 Å². The van der Waals surface area contributed by atoms with Crippen LogP contribution in [0.2, 0.25) is 0 Å². The highest BCUT2D eigenvalue weighted by atomic mass is 16.2. The van der Waals surface area contributed by atoms with E-state index in [4.69, 9.17) is 5.73 Å². The van der Waals surface area contributed by atoms with Gasteiger partial charge in [-0.3, -0.25) is 9.69 Å². The lowest BCUT2D eigenvalue weighted by atomic mass is 9.81. The van der Waals surface area contributed by atoms with Crippen molar-refractivity contribution in [3.63, 3.8) is 0 Å². The van der Waals surface area contributed by atoms with Gasteiger partial charge in [0.05, 0.1) is 11.6 Å². The first kappa shape index (κ1) is 17.5. The Morgan fingerprint density at radius 3 is 2.21 bits per heavy atom. The molecule has 0 saturated heterocycles. The van der Waals surface area contributed by atoms with Crippen molar-refractivity contribution in [1.82, 2.24) is 4.90 Å². The van der Waals surface area contributed by atoms with Gasteiger partial charge in [-0.25, -0.2) is 4.99 Å². The minimum Gasteiger partial charge on any atom is -0.369 e. The largest absolute Gasteiger partial charge is 0.369 e. The van der Waals surface area contributed by atoms with E-state index in [1.807, 2.05) is 72.8 Å². The van der Waals surface area contributed by atoms with Gasteiger partial charge in [0.2, 0.25) is 0 Å². The number of carbonyl (C=O) groups is 1. The lowest BCUT2D eigenvalue weighted by Crippen LogP contribution is -2.41. The molecule has 0 radical (unpaired) electrons. The van der Waals surface area contributed by atoms with E-state index >= 15 is 0 Å². The summed E-state index contributed by atoms with van der Waals surface area (Å²) in [5.74, 6) is -0.00939. The Morgan fingerprint density at radius 1 is 0.929 bits per heavy atom. The first-order valence-electron chi connectivity index (χ1n) is 8.86. The highest BCUT2D eigenvalue weighted by molar-refractivity contribution is 6.09. The monoisotopic (exact) mass is 366 g/mol. The Labute approximate surface area is 163 Å². The maximum Gasteiger partial charge on any atom is 0.266 e. The molecule has 5 nitrogen and oxygen atoms in total. The summed E-state index contributed by atoms with van der Waals surface area (Å²) < 4.78 is 0. The van der Waals surface area contributed by atoms with E-state index in [2.05, 4.69) is 11.1 Å². The third-order valence-corrected chi connectivity index (χ3v) is 5.04. The van der Waals surface area contributed by atoms with E-state index in [1.165, 1.54) is 4.90 Å². The normalized spacial score (nSPS) is 18.6. The molecular weight excluding hydrogens is 348 g/mol. The molecule has 0 aliphatic carbocycles. The third-order valence-electron chi connectivity index (χ3n) is 5.04.